The van der Waals surface area contributed by atoms with Gasteiger partial charge in [0.15, 0.2) is 13.1 Å². The summed E-state index contributed by atoms with van der Waals surface area (Å²) >= 11 is 0. The molecule has 46 heavy (non-hydrogen) atoms. The zero-order chi connectivity index (χ0) is 30.8. The Morgan fingerprint density at radius 2 is 1.09 bits per heavy atom. The van der Waals surface area contributed by atoms with Crippen molar-refractivity contribution in [1.29, 1.82) is 0 Å². The smallest absolute Gasteiger partial charge is 0.290 e. The van der Waals surface area contributed by atoms with Crippen LogP contribution < -0.4 is 9.13 Å². The number of nitro benzene ring substituents is 2. The van der Waals surface area contributed by atoms with Crippen molar-refractivity contribution in [2.24, 2.45) is 0 Å². The van der Waals surface area contributed by atoms with Gasteiger partial charge in [-0.2, -0.15) is 0 Å². The average Bonchev–Trinajstić information content (AvgIpc) is 3.28. The highest BCUT2D eigenvalue weighted by Gasteiger charge is 2.39. The molecule has 0 atom stereocenters. The summed E-state index contributed by atoms with van der Waals surface area (Å²) in [4.78, 5) is 48.1. The van der Waals surface area contributed by atoms with Crippen LogP contribution in [0.25, 0.3) is 11.6 Å². The molecule has 0 amide bonds. The Morgan fingerprint density at radius 3 is 1.48 bits per heavy atom. The summed E-state index contributed by atoms with van der Waals surface area (Å²) in [5.74, 6) is 2.43. The molecule has 2 aromatic heterocycles. The molecule has 4 heterocycles. The Balaban J connectivity index is 0.00000240. The van der Waals surface area contributed by atoms with Gasteiger partial charge in [0.25, 0.3) is 11.4 Å². The van der Waals surface area contributed by atoms with Gasteiger partial charge < -0.3 is 0 Å². The standard InChI is InChI=1S/C30H32N8O6.2BrH/c39-25(21-9-7-11-23(17-21)37(41)42)19-35-27-13-3-1-5-15-33(27)29(31-35)30-32-36(28-14-4-2-6-16-34(28)30)20-26(40)22-10-8-12-24(18-22)38(43)44;;/h7-12,17-18H,1-6,13-16,19-20H2;2*1H/q+2;;. The molecule has 0 bridgehead atoms. The number of hydrogen-bond acceptors (Lipinski definition) is 8. The van der Waals surface area contributed by atoms with E-state index in [1.165, 1.54) is 36.4 Å². The zero-order valence-electron chi connectivity index (χ0n) is 24.9. The number of benzene rings is 2. The quantitative estimate of drug-likeness (QED) is 0.104. The van der Waals surface area contributed by atoms with Crippen molar-refractivity contribution in [3.63, 3.8) is 0 Å². The summed E-state index contributed by atoms with van der Waals surface area (Å²) < 4.78 is 7.61. The molecule has 0 saturated heterocycles. The SMILES string of the molecule is Br.Br.O=C(Cn1nc(-c2nn(CC(=O)c3cccc([N+](=O)[O-])c3)c3[n+]2CCCCC3)[n+]2c1CCCCC2)c1cccc([N+](=O)[O-])c1. The number of non-ortho nitro benzene ring substituents is 2. The molecule has 2 aliphatic heterocycles. The van der Waals surface area contributed by atoms with E-state index in [1.54, 1.807) is 21.5 Å². The molecule has 4 aromatic rings. The maximum atomic E-state index is 13.3. The monoisotopic (exact) mass is 760 g/mol. The van der Waals surface area contributed by atoms with E-state index in [-0.39, 0.29) is 81.1 Å². The minimum atomic E-state index is -0.520. The second kappa shape index (κ2) is 14.9. The van der Waals surface area contributed by atoms with Crippen LogP contribution in [0, 0.1) is 20.2 Å². The van der Waals surface area contributed by atoms with E-state index in [9.17, 15) is 29.8 Å². The average molecular weight is 762 g/mol. The summed E-state index contributed by atoms with van der Waals surface area (Å²) in [7, 11) is 0. The third kappa shape index (κ3) is 7.12. The van der Waals surface area contributed by atoms with Gasteiger partial charge in [-0.05, 0) is 38.5 Å². The molecule has 0 N–H and O–H groups in total. The summed E-state index contributed by atoms with van der Waals surface area (Å²) in [6.07, 6.45) is 7.24. The molecular formula is C30H34Br2N8O6+2. The number of carbonyl (C=O) groups is 2. The van der Waals surface area contributed by atoms with Gasteiger partial charge in [-0.1, -0.05) is 24.3 Å². The van der Waals surface area contributed by atoms with E-state index in [2.05, 4.69) is 9.13 Å². The van der Waals surface area contributed by atoms with Crippen molar-refractivity contribution in [3.05, 3.63) is 91.5 Å². The molecular weight excluding hydrogens is 728 g/mol. The first-order valence-electron chi connectivity index (χ1n) is 14.8. The number of Topliss-reactive ketones (excluding diaryl/α,β-unsaturated/α-hetero) is 2. The lowest BCUT2D eigenvalue weighted by molar-refractivity contribution is -0.721. The Kier molecular flexibility index (Phi) is 11.3. The number of rotatable bonds is 9. The Labute approximate surface area is 284 Å². The summed E-state index contributed by atoms with van der Waals surface area (Å²) in [6.45, 7) is 1.25. The molecule has 14 nitrogen and oxygen atoms in total. The highest BCUT2D eigenvalue weighted by molar-refractivity contribution is 8.93. The molecule has 16 heteroatoms. The number of nitro groups is 2. The molecule has 242 valence electrons. The fraction of sp³-hybridized carbons (Fsp3) is 0.400. The van der Waals surface area contributed by atoms with Crippen molar-refractivity contribution in [2.45, 2.75) is 77.5 Å². The number of hydrogen-bond donors (Lipinski definition) is 0. The van der Waals surface area contributed by atoms with E-state index >= 15 is 0 Å². The summed E-state index contributed by atoms with van der Waals surface area (Å²) in [5, 5.41) is 32.4. The molecule has 2 aromatic carbocycles. The van der Waals surface area contributed by atoms with E-state index in [1.807, 2.05) is 0 Å². The van der Waals surface area contributed by atoms with Crippen molar-refractivity contribution in [1.82, 2.24) is 19.6 Å². The van der Waals surface area contributed by atoms with Crippen molar-refractivity contribution in [3.8, 4) is 11.6 Å². The van der Waals surface area contributed by atoms with Gasteiger partial charge in [-0.3, -0.25) is 29.8 Å². The van der Waals surface area contributed by atoms with Crippen LogP contribution >= 0.6 is 34.0 Å². The molecule has 0 radical (unpaired) electrons. The van der Waals surface area contributed by atoms with Crippen LogP contribution in [0.5, 0.6) is 0 Å². The Bertz CT molecular complexity index is 1670. The summed E-state index contributed by atoms with van der Waals surface area (Å²) in [5.41, 5.74) is 0.204. The van der Waals surface area contributed by atoms with Gasteiger partial charge in [-0.25, -0.2) is 9.13 Å². The predicted molar refractivity (Wildman–Crippen MR) is 174 cm³/mol. The molecule has 0 aliphatic carbocycles. The van der Waals surface area contributed by atoms with Gasteiger partial charge in [0.1, 0.15) is 0 Å². The largest absolute Gasteiger partial charge is 0.382 e. The fourth-order valence-corrected chi connectivity index (χ4v) is 6.06. The second-order valence-corrected chi connectivity index (χ2v) is 11.2. The van der Waals surface area contributed by atoms with E-state index in [4.69, 9.17) is 10.2 Å². The van der Waals surface area contributed by atoms with Gasteiger partial charge in [0, 0.05) is 48.2 Å². The van der Waals surface area contributed by atoms with Crippen LogP contribution in [-0.2, 0) is 39.0 Å². The van der Waals surface area contributed by atoms with E-state index < -0.39 is 9.85 Å². The first-order chi connectivity index (χ1) is 21.3. The maximum Gasteiger partial charge on any atom is 0.382 e. The lowest BCUT2D eigenvalue weighted by Crippen LogP contribution is -2.44. The second-order valence-electron chi connectivity index (χ2n) is 11.2. The van der Waals surface area contributed by atoms with E-state index in [0.717, 1.165) is 50.2 Å². The number of aromatic nitrogens is 6. The van der Waals surface area contributed by atoms with Crippen molar-refractivity contribution in [2.75, 3.05) is 0 Å². The molecule has 0 unspecified atom stereocenters. The highest BCUT2D eigenvalue weighted by Crippen LogP contribution is 2.21. The van der Waals surface area contributed by atoms with Gasteiger partial charge in [-0.15, -0.1) is 43.3 Å². The normalized spacial score (nSPS) is 14.0. The molecule has 0 saturated carbocycles. The Morgan fingerprint density at radius 1 is 0.674 bits per heavy atom. The fourth-order valence-electron chi connectivity index (χ4n) is 6.06. The Hall–Kier alpha value is -4.18. The number of nitrogens with zero attached hydrogens (tertiary/aromatic N) is 8. The molecule has 2 aliphatic rings. The minimum absolute atomic E-state index is 0. The molecule has 6 rings (SSSR count). The topological polar surface area (TPSA) is 164 Å². The number of carbonyl (C=O) groups excluding carboxylic acids is 2. The van der Waals surface area contributed by atoms with E-state index in [0.29, 0.717) is 37.6 Å². The van der Waals surface area contributed by atoms with Crippen molar-refractivity contribution >= 4 is 56.9 Å². The first kappa shape index (κ1) is 34.7. The van der Waals surface area contributed by atoms with Gasteiger partial charge >= 0.3 is 11.6 Å². The summed E-state index contributed by atoms with van der Waals surface area (Å²) in [6, 6.07) is 11.4. The zero-order valence-corrected chi connectivity index (χ0v) is 28.4. The van der Waals surface area contributed by atoms with Crippen molar-refractivity contribution < 1.29 is 28.6 Å². The third-order valence-corrected chi connectivity index (χ3v) is 8.27. The lowest BCUT2D eigenvalue weighted by atomic mass is 10.1. The van der Waals surface area contributed by atoms with Crippen LogP contribution in [0.4, 0.5) is 11.4 Å². The molecule has 0 fully saturated rings. The number of ketones is 2. The number of fused-ring (bicyclic) bond motifs is 2. The van der Waals surface area contributed by atoms with Gasteiger partial charge in [0.05, 0.1) is 33.1 Å². The minimum Gasteiger partial charge on any atom is -0.290 e. The lowest BCUT2D eigenvalue weighted by Gasteiger charge is -2.02. The molecule has 0 spiro atoms. The third-order valence-electron chi connectivity index (χ3n) is 8.27. The maximum absolute atomic E-state index is 13.3. The van der Waals surface area contributed by atoms with Crippen LogP contribution in [0.15, 0.2) is 48.5 Å². The van der Waals surface area contributed by atoms with Crippen LogP contribution in [0.3, 0.4) is 0 Å². The predicted octanol–water partition coefficient (Wildman–Crippen LogP) is 4.51. The first-order valence-corrected chi connectivity index (χ1v) is 14.8. The van der Waals surface area contributed by atoms with Crippen LogP contribution in [0.1, 0.15) is 70.9 Å². The van der Waals surface area contributed by atoms with Gasteiger partial charge in [0.2, 0.25) is 23.2 Å². The number of halogens is 2. The highest BCUT2D eigenvalue weighted by atomic mass is 79.9. The van der Waals surface area contributed by atoms with Crippen LogP contribution in [-0.4, -0.2) is 41.0 Å². The van der Waals surface area contributed by atoms with Crippen LogP contribution in [0.2, 0.25) is 0 Å².